The molecule has 5 rings (SSSR count). The lowest BCUT2D eigenvalue weighted by Gasteiger charge is -2.24. The number of fused-ring (bicyclic) bond motifs is 2. The molecule has 176 valence electrons. The summed E-state index contributed by atoms with van der Waals surface area (Å²) in [6.45, 7) is 2.38. The molecule has 2 N–H and O–H groups in total. The van der Waals surface area contributed by atoms with Crippen LogP contribution in [0, 0.1) is 6.92 Å². The van der Waals surface area contributed by atoms with Crippen LogP contribution in [0.15, 0.2) is 29.2 Å². The van der Waals surface area contributed by atoms with Crippen molar-refractivity contribution < 1.29 is 23.9 Å². The predicted octanol–water partition coefficient (Wildman–Crippen LogP) is 0.539. The third-order valence-electron chi connectivity index (χ3n) is 6.03. The second-order valence-electron chi connectivity index (χ2n) is 8.17. The van der Waals surface area contributed by atoms with Gasteiger partial charge in [-0.15, -0.1) is 0 Å². The average molecular weight is 466 g/mol. The Balaban J connectivity index is 1.48. The number of aromatic nitrogens is 4. The highest BCUT2D eigenvalue weighted by atomic mass is 16.5. The maximum atomic E-state index is 13.3. The van der Waals surface area contributed by atoms with Crippen molar-refractivity contribution in [1.29, 1.82) is 0 Å². The number of piperidine rings is 1. The van der Waals surface area contributed by atoms with E-state index >= 15 is 0 Å². The average Bonchev–Trinajstić information content (AvgIpc) is 3.24. The zero-order valence-electron chi connectivity index (χ0n) is 18.5. The van der Waals surface area contributed by atoms with Gasteiger partial charge >= 0.3 is 0 Å². The third-order valence-corrected chi connectivity index (χ3v) is 6.03. The molecule has 2 aliphatic rings. The number of methoxy groups -OCH3 is 1. The number of benzene rings is 1. The first-order valence-electron chi connectivity index (χ1n) is 10.8. The number of hydrogen-bond donors (Lipinski definition) is 2. The van der Waals surface area contributed by atoms with E-state index in [1.807, 2.05) is 0 Å². The number of imide groups is 1. The van der Waals surface area contributed by atoms with Gasteiger partial charge in [0.2, 0.25) is 17.7 Å². The first-order chi connectivity index (χ1) is 16.4. The monoisotopic (exact) mass is 466 g/mol. The van der Waals surface area contributed by atoms with Crippen molar-refractivity contribution >= 4 is 34.3 Å². The van der Waals surface area contributed by atoms with E-state index < -0.39 is 23.4 Å². The van der Waals surface area contributed by atoms with Crippen LogP contribution in [0.3, 0.4) is 0 Å². The molecule has 1 fully saturated rings. The van der Waals surface area contributed by atoms with Crippen LogP contribution < -0.4 is 20.9 Å². The van der Waals surface area contributed by atoms with Gasteiger partial charge in [-0.1, -0.05) is 6.07 Å². The third kappa shape index (κ3) is 3.61. The Bertz CT molecular complexity index is 1390. The maximum Gasteiger partial charge on any atom is 0.262 e. The molecule has 1 saturated heterocycles. The maximum absolute atomic E-state index is 13.3. The summed E-state index contributed by atoms with van der Waals surface area (Å²) in [6.07, 6.45) is 1.62. The Morgan fingerprint density at radius 1 is 1.29 bits per heavy atom. The van der Waals surface area contributed by atoms with E-state index in [0.717, 1.165) is 0 Å². The zero-order valence-corrected chi connectivity index (χ0v) is 18.5. The SMILES string of the molecule is COC1COc2c(C(=O)Nc3cccc4c(=O)n(C5CCC(=O)NC5=O)c(C)nc34)cnn2C1. The van der Waals surface area contributed by atoms with Crippen molar-refractivity contribution in [3.63, 3.8) is 0 Å². The predicted molar refractivity (Wildman–Crippen MR) is 119 cm³/mol. The van der Waals surface area contributed by atoms with Crippen molar-refractivity contribution in [2.75, 3.05) is 19.0 Å². The molecule has 4 heterocycles. The molecule has 3 amide bonds. The van der Waals surface area contributed by atoms with E-state index in [9.17, 15) is 19.2 Å². The number of para-hydroxylation sites is 1. The molecule has 2 aliphatic heterocycles. The lowest BCUT2D eigenvalue weighted by atomic mass is 10.1. The number of amides is 3. The Labute approximate surface area is 192 Å². The number of hydrogen-bond acceptors (Lipinski definition) is 8. The number of anilines is 1. The molecule has 1 aromatic carbocycles. The Morgan fingerprint density at radius 3 is 2.88 bits per heavy atom. The van der Waals surface area contributed by atoms with E-state index in [-0.39, 0.29) is 35.8 Å². The number of rotatable bonds is 4. The van der Waals surface area contributed by atoms with Gasteiger partial charge in [-0.25, -0.2) is 9.67 Å². The number of ether oxygens (including phenoxy) is 2. The van der Waals surface area contributed by atoms with Gasteiger partial charge in [-0.2, -0.15) is 5.10 Å². The molecule has 34 heavy (non-hydrogen) atoms. The normalized spacial score (nSPS) is 19.9. The molecule has 2 unspecified atom stereocenters. The van der Waals surface area contributed by atoms with Gasteiger partial charge in [-0.3, -0.25) is 29.1 Å². The molecule has 2 aromatic heterocycles. The molecular formula is C22H22N6O6. The van der Waals surface area contributed by atoms with E-state index in [1.165, 1.54) is 10.8 Å². The van der Waals surface area contributed by atoms with Crippen molar-refractivity contribution in [2.45, 2.75) is 38.5 Å². The molecule has 0 spiro atoms. The molecule has 0 aliphatic carbocycles. The summed E-state index contributed by atoms with van der Waals surface area (Å²) in [5, 5.41) is 9.50. The minimum atomic E-state index is -0.827. The Kier molecular flexibility index (Phi) is 5.36. The molecule has 0 radical (unpaired) electrons. The number of carbonyl (C=O) groups excluding carboxylic acids is 3. The van der Waals surface area contributed by atoms with Gasteiger partial charge in [0.05, 0.1) is 23.8 Å². The van der Waals surface area contributed by atoms with Crippen molar-refractivity contribution in [2.24, 2.45) is 0 Å². The highest BCUT2D eigenvalue weighted by molar-refractivity contribution is 6.09. The van der Waals surface area contributed by atoms with Crippen LogP contribution >= 0.6 is 0 Å². The van der Waals surface area contributed by atoms with Crippen LogP contribution in [-0.4, -0.2) is 56.9 Å². The Morgan fingerprint density at radius 2 is 2.12 bits per heavy atom. The minimum absolute atomic E-state index is 0.139. The standard InChI is InChI=1S/C22H22N6O6/c1-11-24-18-13(21(32)28(11)16-6-7-17(29)26-20(16)31)4-3-5-15(18)25-19(30)14-8-23-27-9-12(33-2)10-34-22(14)27/h3-5,8,12,16H,6-7,9-10H2,1-2H3,(H,25,30)(H,26,29,31). The Hall–Kier alpha value is -4.06. The highest BCUT2D eigenvalue weighted by Gasteiger charge is 2.31. The topological polar surface area (TPSA) is 146 Å². The van der Waals surface area contributed by atoms with Crippen molar-refractivity contribution in [1.82, 2.24) is 24.6 Å². The van der Waals surface area contributed by atoms with Crippen LogP contribution in [-0.2, 0) is 20.9 Å². The smallest absolute Gasteiger partial charge is 0.262 e. The lowest BCUT2D eigenvalue weighted by molar-refractivity contribution is -0.135. The second-order valence-corrected chi connectivity index (χ2v) is 8.17. The fourth-order valence-electron chi connectivity index (χ4n) is 4.29. The van der Waals surface area contributed by atoms with Crippen LogP contribution in [0.25, 0.3) is 10.9 Å². The molecular weight excluding hydrogens is 444 g/mol. The van der Waals surface area contributed by atoms with Gasteiger partial charge in [-0.05, 0) is 25.5 Å². The molecule has 12 heteroatoms. The summed E-state index contributed by atoms with van der Waals surface area (Å²) in [5.74, 6) is -0.720. The number of carbonyl (C=O) groups is 3. The largest absolute Gasteiger partial charge is 0.474 e. The number of nitrogens with one attached hydrogen (secondary N) is 2. The second kappa shape index (κ2) is 8.37. The lowest BCUT2D eigenvalue weighted by Crippen LogP contribution is -2.45. The fraction of sp³-hybridized carbons (Fsp3) is 0.364. The van der Waals surface area contributed by atoms with Gasteiger partial charge in [0.1, 0.15) is 35.7 Å². The summed E-state index contributed by atoms with van der Waals surface area (Å²) >= 11 is 0. The van der Waals surface area contributed by atoms with Crippen molar-refractivity contribution in [3.05, 3.63) is 46.1 Å². The van der Waals surface area contributed by atoms with Crippen LogP contribution in [0.2, 0.25) is 0 Å². The molecule has 0 saturated carbocycles. The first-order valence-corrected chi connectivity index (χ1v) is 10.8. The van der Waals surface area contributed by atoms with E-state index in [4.69, 9.17) is 9.47 Å². The number of nitrogens with zero attached hydrogens (tertiary/aromatic N) is 4. The summed E-state index contributed by atoms with van der Waals surface area (Å²) in [7, 11) is 1.58. The van der Waals surface area contributed by atoms with Crippen LogP contribution in [0.1, 0.15) is 35.1 Å². The van der Waals surface area contributed by atoms with Crippen LogP contribution in [0.4, 0.5) is 5.69 Å². The first kappa shape index (κ1) is 21.8. The number of aryl methyl sites for hydroxylation is 1. The van der Waals surface area contributed by atoms with Crippen molar-refractivity contribution in [3.8, 4) is 5.88 Å². The van der Waals surface area contributed by atoms with Gasteiger partial charge in [0.25, 0.3) is 11.5 Å². The van der Waals surface area contributed by atoms with E-state index in [1.54, 1.807) is 36.9 Å². The quantitative estimate of drug-likeness (QED) is 0.530. The summed E-state index contributed by atoms with van der Waals surface area (Å²) in [6, 6.07) is 4.02. The highest BCUT2D eigenvalue weighted by Crippen LogP contribution is 2.27. The fourth-order valence-corrected chi connectivity index (χ4v) is 4.29. The summed E-state index contributed by atoms with van der Waals surface area (Å²) in [4.78, 5) is 54.7. The van der Waals surface area contributed by atoms with Gasteiger partial charge in [0.15, 0.2) is 0 Å². The minimum Gasteiger partial charge on any atom is -0.474 e. The molecule has 2 atom stereocenters. The zero-order chi connectivity index (χ0) is 24.0. The molecule has 3 aromatic rings. The summed E-state index contributed by atoms with van der Waals surface area (Å²) < 4.78 is 13.8. The van der Waals surface area contributed by atoms with Gasteiger partial charge in [0, 0.05) is 13.5 Å². The molecule has 12 nitrogen and oxygen atoms in total. The molecule has 0 bridgehead atoms. The van der Waals surface area contributed by atoms with Crippen LogP contribution in [0.5, 0.6) is 5.88 Å². The van der Waals surface area contributed by atoms with E-state index in [0.29, 0.717) is 36.1 Å². The van der Waals surface area contributed by atoms with E-state index in [2.05, 4.69) is 20.7 Å². The van der Waals surface area contributed by atoms with Gasteiger partial charge < -0.3 is 14.8 Å². The summed E-state index contributed by atoms with van der Waals surface area (Å²) in [5.41, 5.74) is 0.456.